The number of hydrogen-bond donors (Lipinski definition) is 2. The van der Waals surface area contributed by atoms with Crippen LogP contribution in [0.1, 0.15) is 19.8 Å². The van der Waals surface area contributed by atoms with E-state index in [-0.39, 0.29) is 6.03 Å². The molecule has 2 N–H and O–H groups in total. The Morgan fingerprint density at radius 3 is 2.70 bits per heavy atom. The van der Waals surface area contributed by atoms with Gasteiger partial charge in [0.15, 0.2) is 0 Å². The van der Waals surface area contributed by atoms with Crippen LogP contribution < -0.4 is 15.4 Å². The number of likely N-dealkylation sites (tertiary alicyclic amines) is 1. The zero-order valence-electron chi connectivity index (χ0n) is 12.2. The number of benzene rings is 1. The molecule has 5 nitrogen and oxygen atoms in total. The number of carbonyl (C=O) groups is 1. The Bertz CT molecular complexity index is 442. The van der Waals surface area contributed by atoms with Crippen molar-refractivity contribution in [3.63, 3.8) is 0 Å². The summed E-state index contributed by atoms with van der Waals surface area (Å²) in [5, 5.41) is 6.35. The summed E-state index contributed by atoms with van der Waals surface area (Å²) in [5.41, 5.74) is 0.716. The molecule has 0 spiro atoms. The van der Waals surface area contributed by atoms with E-state index in [2.05, 4.69) is 17.6 Å². The lowest BCUT2D eigenvalue weighted by Gasteiger charge is -2.32. The van der Waals surface area contributed by atoms with Crippen molar-refractivity contribution in [3.8, 4) is 5.75 Å². The normalized spacial score (nSPS) is 16.0. The van der Waals surface area contributed by atoms with Crippen molar-refractivity contribution in [1.82, 2.24) is 10.2 Å². The number of hydrogen-bond acceptors (Lipinski definition) is 3. The number of para-hydroxylation sites is 2. The number of nitrogens with one attached hydrogen (secondary N) is 2. The zero-order chi connectivity index (χ0) is 14.4. The number of amides is 2. The number of ether oxygens (including phenoxy) is 1. The smallest absolute Gasteiger partial charge is 0.321 e. The number of anilines is 1. The van der Waals surface area contributed by atoms with Gasteiger partial charge in [-0.2, -0.15) is 0 Å². The van der Waals surface area contributed by atoms with Gasteiger partial charge in [-0.15, -0.1) is 0 Å². The second-order valence-corrected chi connectivity index (χ2v) is 4.95. The fourth-order valence-corrected chi connectivity index (χ4v) is 2.52. The average molecular weight is 277 g/mol. The SMILES string of the molecule is CCNC1CCN(C(=O)Nc2ccccc2OC)CC1. The Morgan fingerprint density at radius 2 is 2.05 bits per heavy atom. The molecule has 0 saturated carbocycles. The monoisotopic (exact) mass is 277 g/mol. The highest BCUT2D eigenvalue weighted by Crippen LogP contribution is 2.23. The largest absolute Gasteiger partial charge is 0.495 e. The van der Waals surface area contributed by atoms with E-state index in [1.165, 1.54) is 0 Å². The van der Waals surface area contributed by atoms with Crippen LogP contribution in [0.4, 0.5) is 10.5 Å². The van der Waals surface area contributed by atoms with E-state index in [9.17, 15) is 4.79 Å². The molecule has 1 saturated heterocycles. The van der Waals surface area contributed by atoms with Crippen molar-refractivity contribution in [2.24, 2.45) is 0 Å². The molecule has 1 aromatic carbocycles. The fraction of sp³-hybridized carbons (Fsp3) is 0.533. The standard InChI is InChI=1S/C15H23N3O2/c1-3-16-12-8-10-18(11-9-12)15(19)17-13-6-4-5-7-14(13)20-2/h4-7,12,16H,3,8-11H2,1-2H3,(H,17,19). The molecular formula is C15H23N3O2. The lowest BCUT2D eigenvalue weighted by atomic mass is 10.1. The fourth-order valence-electron chi connectivity index (χ4n) is 2.52. The summed E-state index contributed by atoms with van der Waals surface area (Å²) in [5.74, 6) is 0.684. The Labute approximate surface area is 120 Å². The molecule has 110 valence electrons. The van der Waals surface area contributed by atoms with Gasteiger partial charge in [-0.3, -0.25) is 0 Å². The molecule has 5 heteroatoms. The Morgan fingerprint density at radius 1 is 1.35 bits per heavy atom. The van der Waals surface area contributed by atoms with E-state index in [1.54, 1.807) is 7.11 Å². The first kappa shape index (κ1) is 14.7. The van der Waals surface area contributed by atoms with E-state index in [4.69, 9.17) is 4.74 Å². The maximum atomic E-state index is 12.2. The third-order valence-corrected chi connectivity index (χ3v) is 3.62. The van der Waals surface area contributed by atoms with Crippen LogP contribution in [0.15, 0.2) is 24.3 Å². The number of rotatable bonds is 4. The Balaban J connectivity index is 1.89. The van der Waals surface area contributed by atoms with E-state index in [0.717, 1.165) is 32.5 Å². The molecule has 1 aliphatic heterocycles. The maximum Gasteiger partial charge on any atom is 0.321 e. The molecule has 2 amide bonds. The molecule has 1 fully saturated rings. The van der Waals surface area contributed by atoms with Gasteiger partial charge in [0.05, 0.1) is 12.8 Å². The molecule has 0 aromatic heterocycles. The third kappa shape index (κ3) is 3.63. The van der Waals surface area contributed by atoms with Gasteiger partial charge in [0.1, 0.15) is 5.75 Å². The summed E-state index contributed by atoms with van der Waals surface area (Å²) < 4.78 is 5.24. The van der Waals surface area contributed by atoms with Gasteiger partial charge >= 0.3 is 6.03 Å². The van der Waals surface area contributed by atoms with Crippen LogP contribution in [0.5, 0.6) is 5.75 Å². The van der Waals surface area contributed by atoms with Crippen molar-refractivity contribution in [3.05, 3.63) is 24.3 Å². The minimum atomic E-state index is -0.0514. The van der Waals surface area contributed by atoms with Crippen molar-refractivity contribution in [2.75, 3.05) is 32.1 Å². The van der Waals surface area contributed by atoms with Crippen LogP contribution in [-0.2, 0) is 0 Å². The van der Waals surface area contributed by atoms with E-state index in [1.807, 2.05) is 29.2 Å². The summed E-state index contributed by atoms with van der Waals surface area (Å²) in [4.78, 5) is 14.1. The number of nitrogens with zero attached hydrogens (tertiary/aromatic N) is 1. The molecule has 0 bridgehead atoms. The van der Waals surface area contributed by atoms with Crippen LogP contribution in [-0.4, -0.2) is 43.7 Å². The van der Waals surface area contributed by atoms with Gasteiger partial charge in [0, 0.05) is 19.1 Å². The average Bonchev–Trinajstić information content (AvgIpc) is 2.49. The molecular weight excluding hydrogens is 254 g/mol. The second-order valence-electron chi connectivity index (χ2n) is 4.95. The molecule has 2 rings (SSSR count). The highest BCUT2D eigenvalue weighted by molar-refractivity contribution is 5.91. The van der Waals surface area contributed by atoms with E-state index < -0.39 is 0 Å². The van der Waals surface area contributed by atoms with Gasteiger partial charge in [-0.1, -0.05) is 19.1 Å². The first-order valence-electron chi connectivity index (χ1n) is 7.17. The third-order valence-electron chi connectivity index (χ3n) is 3.62. The number of urea groups is 1. The maximum absolute atomic E-state index is 12.2. The summed E-state index contributed by atoms with van der Waals surface area (Å²) in [6.45, 7) is 4.68. The van der Waals surface area contributed by atoms with Gasteiger partial charge in [-0.05, 0) is 31.5 Å². The van der Waals surface area contributed by atoms with Crippen LogP contribution in [0, 0.1) is 0 Å². The van der Waals surface area contributed by atoms with Gasteiger partial charge in [0.2, 0.25) is 0 Å². The molecule has 0 unspecified atom stereocenters. The topological polar surface area (TPSA) is 53.6 Å². The molecule has 1 heterocycles. The minimum Gasteiger partial charge on any atom is -0.495 e. The second kappa shape index (κ2) is 7.14. The predicted octanol–water partition coefficient (Wildman–Crippen LogP) is 2.30. The number of piperidine rings is 1. The Kier molecular flexibility index (Phi) is 5.24. The predicted molar refractivity (Wildman–Crippen MR) is 80.3 cm³/mol. The van der Waals surface area contributed by atoms with Crippen LogP contribution in [0.25, 0.3) is 0 Å². The van der Waals surface area contributed by atoms with Crippen molar-refractivity contribution < 1.29 is 9.53 Å². The summed E-state index contributed by atoms with van der Waals surface area (Å²) >= 11 is 0. The van der Waals surface area contributed by atoms with Crippen molar-refractivity contribution in [1.29, 1.82) is 0 Å². The lowest BCUT2D eigenvalue weighted by molar-refractivity contribution is 0.189. The summed E-state index contributed by atoms with van der Waals surface area (Å²) in [7, 11) is 1.60. The lowest BCUT2D eigenvalue weighted by Crippen LogP contribution is -2.46. The first-order chi connectivity index (χ1) is 9.74. The summed E-state index contributed by atoms with van der Waals surface area (Å²) in [6.07, 6.45) is 2.01. The molecule has 0 radical (unpaired) electrons. The van der Waals surface area contributed by atoms with E-state index >= 15 is 0 Å². The zero-order valence-corrected chi connectivity index (χ0v) is 12.2. The number of carbonyl (C=O) groups excluding carboxylic acids is 1. The highest BCUT2D eigenvalue weighted by atomic mass is 16.5. The molecule has 1 aliphatic rings. The molecule has 0 aliphatic carbocycles. The quantitative estimate of drug-likeness (QED) is 0.888. The van der Waals surface area contributed by atoms with Crippen LogP contribution >= 0.6 is 0 Å². The van der Waals surface area contributed by atoms with Crippen molar-refractivity contribution in [2.45, 2.75) is 25.8 Å². The Hall–Kier alpha value is -1.75. The highest BCUT2D eigenvalue weighted by Gasteiger charge is 2.22. The minimum absolute atomic E-state index is 0.0514. The number of methoxy groups -OCH3 is 1. The van der Waals surface area contributed by atoms with Gasteiger partial charge < -0.3 is 20.3 Å². The first-order valence-corrected chi connectivity index (χ1v) is 7.17. The molecule has 20 heavy (non-hydrogen) atoms. The van der Waals surface area contributed by atoms with Crippen molar-refractivity contribution >= 4 is 11.7 Å². The van der Waals surface area contributed by atoms with Crippen LogP contribution in [0.2, 0.25) is 0 Å². The summed E-state index contributed by atoms with van der Waals surface area (Å²) in [6, 6.07) is 7.95. The van der Waals surface area contributed by atoms with Gasteiger partial charge in [-0.25, -0.2) is 4.79 Å². The van der Waals surface area contributed by atoms with Crippen LogP contribution in [0.3, 0.4) is 0 Å². The van der Waals surface area contributed by atoms with E-state index in [0.29, 0.717) is 17.5 Å². The molecule has 0 atom stereocenters. The van der Waals surface area contributed by atoms with Gasteiger partial charge in [0.25, 0.3) is 0 Å². The molecule has 1 aromatic rings.